The minimum absolute atomic E-state index is 0.738. The van der Waals surface area contributed by atoms with Crippen LogP contribution in [0.2, 0.25) is 0 Å². The van der Waals surface area contributed by atoms with E-state index in [1.807, 2.05) is 12.3 Å². The van der Waals surface area contributed by atoms with Gasteiger partial charge in [0.25, 0.3) is 0 Å². The molecule has 1 radical (unpaired) electrons. The van der Waals surface area contributed by atoms with Gasteiger partial charge in [-0.25, -0.2) is 0 Å². The highest BCUT2D eigenvalue weighted by atomic mass is 15.1. The van der Waals surface area contributed by atoms with Crippen LogP contribution in [0.5, 0.6) is 0 Å². The summed E-state index contributed by atoms with van der Waals surface area (Å²) in [5, 5.41) is 0. The first-order valence-electron chi connectivity index (χ1n) is 10.3. The highest BCUT2D eigenvalue weighted by Crippen LogP contribution is 2.35. The molecule has 2 heteroatoms. The van der Waals surface area contributed by atoms with Crippen LogP contribution in [-0.4, -0.2) is 23.0 Å². The monoisotopic (exact) mass is 347 g/mol. The second kappa shape index (κ2) is 8.35. The maximum atomic E-state index is 4.48. The summed E-state index contributed by atoms with van der Waals surface area (Å²) in [7, 11) is 0. The molecule has 1 saturated heterocycles. The Balaban J connectivity index is 1.34. The lowest BCUT2D eigenvalue weighted by molar-refractivity contribution is 0.190. The molecule has 1 atom stereocenters. The fraction of sp³-hybridized carbons (Fsp3) is 0.500. The molecule has 1 aliphatic heterocycles. The number of rotatable bonds is 4. The van der Waals surface area contributed by atoms with E-state index in [1.165, 1.54) is 56.5 Å². The van der Waals surface area contributed by atoms with E-state index in [2.05, 4.69) is 53.6 Å². The van der Waals surface area contributed by atoms with Crippen LogP contribution < -0.4 is 0 Å². The molecular weight excluding hydrogens is 316 g/mol. The average molecular weight is 348 g/mol. The minimum Gasteiger partial charge on any atom is -0.297 e. The molecule has 0 saturated carbocycles. The van der Waals surface area contributed by atoms with Crippen molar-refractivity contribution in [3.8, 4) is 0 Å². The lowest BCUT2D eigenvalue weighted by atomic mass is 9.80. The molecule has 2 nitrogen and oxygen atoms in total. The Morgan fingerprint density at radius 2 is 2.00 bits per heavy atom. The van der Waals surface area contributed by atoms with Crippen molar-refractivity contribution in [1.82, 2.24) is 9.88 Å². The Morgan fingerprint density at radius 3 is 2.73 bits per heavy atom. The van der Waals surface area contributed by atoms with Gasteiger partial charge in [-0.3, -0.25) is 9.88 Å². The van der Waals surface area contributed by atoms with Gasteiger partial charge in [0.05, 0.1) is 5.69 Å². The van der Waals surface area contributed by atoms with Gasteiger partial charge in [-0.1, -0.05) is 31.2 Å². The van der Waals surface area contributed by atoms with Gasteiger partial charge in [0.15, 0.2) is 0 Å². The van der Waals surface area contributed by atoms with Crippen molar-refractivity contribution in [1.29, 1.82) is 0 Å². The van der Waals surface area contributed by atoms with Crippen molar-refractivity contribution < 1.29 is 0 Å². The average Bonchev–Trinajstić information content (AvgIpc) is 2.70. The molecular formula is C24H31N2. The Hall–Kier alpha value is -1.67. The normalized spacial score (nSPS) is 25.4. The van der Waals surface area contributed by atoms with Gasteiger partial charge in [-0.2, -0.15) is 0 Å². The zero-order valence-corrected chi connectivity index (χ0v) is 16.0. The molecule has 1 unspecified atom stereocenters. The highest BCUT2D eigenvalue weighted by molar-refractivity contribution is 5.47. The van der Waals surface area contributed by atoms with Crippen LogP contribution in [0.4, 0.5) is 0 Å². The molecule has 4 rings (SSSR count). The van der Waals surface area contributed by atoms with Crippen LogP contribution in [-0.2, 0) is 6.54 Å². The molecule has 1 aromatic heterocycles. The Morgan fingerprint density at radius 1 is 1.12 bits per heavy atom. The summed E-state index contributed by atoms with van der Waals surface area (Å²) in [5.41, 5.74) is 5.91. The first-order chi connectivity index (χ1) is 12.8. The molecule has 0 spiro atoms. The number of allylic oxidation sites excluding steroid dienone is 6. The third-order valence-electron chi connectivity index (χ3n) is 6.23. The van der Waals surface area contributed by atoms with E-state index in [9.17, 15) is 0 Å². The molecule has 0 bridgehead atoms. The lowest BCUT2D eigenvalue weighted by Gasteiger charge is -2.33. The van der Waals surface area contributed by atoms with Crippen molar-refractivity contribution in [2.24, 2.45) is 11.8 Å². The van der Waals surface area contributed by atoms with E-state index in [4.69, 9.17) is 0 Å². The Bertz CT molecular complexity index is 690. The van der Waals surface area contributed by atoms with Crippen molar-refractivity contribution >= 4 is 0 Å². The fourth-order valence-electron chi connectivity index (χ4n) is 4.50. The van der Waals surface area contributed by atoms with Gasteiger partial charge >= 0.3 is 0 Å². The smallest absolute Gasteiger partial charge is 0.0543 e. The van der Waals surface area contributed by atoms with Gasteiger partial charge in [0, 0.05) is 12.7 Å². The van der Waals surface area contributed by atoms with Gasteiger partial charge in [-0.15, -0.1) is 0 Å². The Kier molecular flexibility index (Phi) is 5.69. The second-order valence-electron chi connectivity index (χ2n) is 8.22. The van der Waals surface area contributed by atoms with Crippen LogP contribution in [0.1, 0.15) is 51.1 Å². The Labute approximate surface area is 158 Å². The number of likely N-dealkylation sites (tertiary alicyclic amines) is 1. The summed E-state index contributed by atoms with van der Waals surface area (Å²) >= 11 is 0. The summed E-state index contributed by atoms with van der Waals surface area (Å²) in [6.45, 7) is 5.74. The molecule has 1 aromatic rings. The van der Waals surface area contributed by atoms with Gasteiger partial charge in [-0.05, 0) is 98.7 Å². The fourth-order valence-corrected chi connectivity index (χ4v) is 4.50. The zero-order chi connectivity index (χ0) is 17.8. The summed E-state index contributed by atoms with van der Waals surface area (Å²) < 4.78 is 0. The molecule has 0 N–H and O–H groups in total. The largest absolute Gasteiger partial charge is 0.297 e. The van der Waals surface area contributed by atoms with E-state index >= 15 is 0 Å². The topological polar surface area (TPSA) is 16.1 Å². The van der Waals surface area contributed by atoms with Crippen LogP contribution in [0.15, 0.2) is 59.3 Å². The van der Waals surface area contributed by atoms with E-state index in [1.54, 1.807) is 11.1 Å². The maximum absolute atomic E-state index is 4.48. The summed E-state index contributed by atoms with van der Waals surface area (Å²) in [6.07, 6.45) is 19.3. The summed E-state index contributed by atoms with van der Waals surface area (Å²) in [4.78, 5) is 7.04. The zero-order valence-electron chi connectivity index (χ0n) is 16.0. The van der Waals surface area contributed by atoms with Gasteiger partial charge in [0.1, 0.15) is 0 Å². The summed E-state index contributed by atoms with van der Waals surface area (Å²) in [6, 6.07) is 6.22. The van der Waals surface area contributed by atoms with E-state index in [-0.39, 0.29) is 0 Å². The number of piperidine rings is 1. The first-order valence-corrected chi connectivity index (χ1v) is 10.3. The van der Waals surface area contributed by atoms with Crippen molar-refractivity contribution in [3.63, 3.8) is 0 Å². The number of pyridine rings is 1. The van der Waals surface area contributed by atoms with Crippen molar-refractivity contribution in [2.45, 2.75) is 52.0 Å². The molecule has 2 heterocycles. The molecule has 0 aromatic carbocycles. The number of nitrogens with zero attached hydrogens (tertiary/aromatic N) is 2. The molecule has 3 aliphatic rings. The third-order valence-corrected chi connectivity index (χ3v) is 6.23. The maximum Gasteiger partial charge on any atom is 0.0543 e. The standard InChI is InChI=1S/C24H31N2/c1-19-8-10-20(11-9-19)22-5-4-6-23(17-22)21-12-15-26(16-13-21)18-24-7-2-3-14-25-24/h2-3,5-7,10,14,17,19,21H,4,8-9,11-13,15-16,18H2,1H3. The molecule has 2 aliphatic carbocycles. The quantitative estimate of drug-likeness (QED) is 0.715. The number of aromatic nitrogens is 1. The first kappa shape index (κ1) is 17.7. The van der Waals surface area contributed by atoms with Crippen LogP contribution >= 0.6 is 0 Å². The van der Waals surface area contributed by atoms with Gasteiger partial charge < -0.3 is 0 Å². The lowest BCUT2D eigenvalue weighted by Crippen LogP contribution is -2.34. The van der Waals surface area contributed by atoms with E-state index in [0.29, 0.717) is 0 Å². The molecule has 0 amide bonds. The third kappa shape index (κ3) is 4.35. The predicted octanol–water partition coefficient (Wildman–Crippen LogP) is 5.50. The van der Waals surface area contributed by atoms with Crippen molar-refractivity contribution in [3.05, 3.63) is 71.5 Å². The van der Waals surface area contributed by atoms with E-state index < -0.39 is 0 Å². The SMILES string of the molecule is CC1CC=C(C2=CC(C3CCN(Cc4ccccn4)CC3)=CC[CH]2)CC1. The minimum atomic E-state index is 0.738. The predicted molar refractivity (Wildman–Crippen MR) is 108 cm³/mol. The summed E-state index contributed by atoms with van der Waals surface area (Å²) in [5.74, 6) is 1.60. The van der Waals surface area contributed by atoms with Crippen LogP contribution in [0.3, 0.4) is 0 Å². The van der Waals surface area contributed by atoms with Crippen LogP contribution in [0, 0.1) is 18.3 Å². The second-order valence-corrected chi connectivity index (χ2v) is 8.22. The number of hydrogen-bond acceptors (Lipinski definition) is 2. The van der Waals surface area contributed by atoms with Crippen LogP contribution in [0.25, 0.3) is 0 Å². The molecule has 26 heavy (non-hydrogen) atoms. The van der Waals surface area contributed by atoms with E-state index in [0.717, 1.165) is 24.8 Å². The number of hydrogen-bond donors (Lipinski definition) is 0. The molecule has 137 valence electrons. The molecule has 1 fully saturated rings. The highest BCUT2D eigenvalue weighted by Gasteiger charge is 2.24. The van der Waals surface area contributed by atoms with Gasteiger partial charge in [0.2, 0.25) is 0 Å². The van der Waals surface area contributed by atoms with Crippen molar-refractivity contribution in [2.75, 3.05) is 13.1 Å².